The fourth-order valence-electron chi connectivity index (χ4n) is 5.19. The molecule has 0 saturated carbocycles. The first kappa shape index (κ1) is 26.7. The minimum atomic E-state index is -1.06. The lowest BCUT2D eigenvalue weighted by Crippen LogP contribution is -2.43. The molecule has 37 heavy (non-hydrogen) atoms. The number of hydrogen-bond donors (Lipinski definition) is 1. The monoisotopic (exact) mass is 567 g/mol. The van der Waals surface area contributed by atoms with Crippen LogP contribution in [0.15, 0.2) is 75.5 Å². The molecule has 0 saturated heterocycles. The van der Waals surface area contributed by atoms with Crippen LogP contribution in [0.1, 0.15) is 50.2 Å². The first-order valence-corrected chi connectivity index (χ1v) is 13.1. The first-order valence-electron chi connectivity index (χ1n) is 12.3. The van der Waals surface area contributed by atoms with E-state index in [-0.39, 0.29) is 19.0 Å². The fourth-order valence-corrected chi connectivity index (χ4v) is 5.45. The molecular formula is C29H30BrNO6. The summed E-state index contributed by atoms with van der Waals surface area (Å²) in [5.41, 5.74) is 3.63. The number of esters is 2. The van der Waals surface area contributed by atoms with E-state index >= 15 is 0 Å². The highest BCUT2D eigenvalue weighted by Gasteiger charge is 2.49. The van der Waals surface area contributed by atoms with Crippen molar-refractivity contribution in [3.63, 3.8) is 0 Å². The molecule has 0 unspecified atom stereocenters. The van der Waals surface area contributed by atoms with Crippen LogP contribution in [0.3, 0.4) is 0 Å². The Morgan fingerprint density at radius 1 is 1.03 bits per heavy atom. The van der Waals surface area contributed by atoms with E-state index in [0.717, 1.165) is 15.6 Å². The highest BCUT2D eigenvalue weighted by atomic mass is 79.9. The van der Waals surface area contributed by atoms with Gasteiger partial charge in [0.15, 0.2) is 5.78 Å². The maximum Gasteiger partial charge on any atom is 0.336 e. The normalized spacial score (nSPS) is 21.2. The molecule has 4 rings (SSSR count). The Morgan fingerprint density at radius 3 is 2.38 bits per heavy atom. The third kappa shape index (κ3) is 5.21. The van der Waals surface area contributed by atoms with Gasteiger partial charge in [-0.1, -0.05) is 40.2 Å². The second-order valence-electron chi connectivity index (χ2n) is 8.94. The minimum absolute atomic E-state index is 0.154. The van der Waals surface area contributed by atoms with Crippen LogP contribution in [-0.4, -0.2) is 38.0 Å². The molecule has 0 radical (unpaired) electrons. The summed E-state index contributed by atoms with van der Waals surface area (Å²) in [6, 6.07) is 14.9. The molecule has 2 aromatic carbocycles. The number of carbonyl (C=O) groups excluding carboxylic acids is 3. The smallest absolute Gasteiger partial charge is 0.336 e. The predicted molar refractivity (Wildman–Crippen MR) is 142 cm³/mol. The van der Waals surface area contributed by atoms with E-state index < -0.39 is 29.7 Å². The van der Waals surface area contributed by atoms with Crippen molar-refractivity contribution in [1.82, 2.24) is 5.32 Å². The van der Waals surface area contributed by atoms with Gasteiger partial charge in [0.2, 0.25) is 0 Å². The second kappa shape index (κ2) is 11.3. The number of Topliss-reactive ketones (excluding diaryl/α,β-unsaturated/α-hetero) is 1. The Balaban J connectivity index is 1.89. The number of methoxy groups -OCH3 is 1. The Morgan fingerprint density at radius 2 is 1.73 bits per heavy atom. The summed E-state index contributed by atoms with van der Waals surface area (Å²) >= 11 is 3.46. The molecular weight excluding hydrogens is 538 g/mol. The van der Waals surface area contributed by atoms with Gasteiger partial charge >= 0.3 is 11.9 Å². The Bertz CT molecular complexity index is 1280. The molecule has 2 aromatic rings. The van der Waals surface area contributed by atoms with Crippen molar-refractivity contribution in [2.24, 2.45) is 5.92 Å². The lowest BCUT2D eigenvalue weighted by molar-refractivity contribution is -0.152. The summed E-state index contributed by atoms with van der Waals surface area (Å²) < 4.78 is 17.0. The Hall–Kier alpha value is -3.39. The zero-order chi connectivity index (χ0) is 26.7. The number of rotatable bonds is 7. The van der Waals surface area contributed by atoms with E-state index in [2.05, 4.69) is 21.2 Å². The van der Waals surface area contributed by atoms with Gasteiger partial charge in [-0.2, -0.15) is 0 Å². The number of dihydropyridines is 1. The summed E-state index contributed by atoms with van der Waals surface area (Å²) in [5.74, 6) is -3.01. The highest BCUT2D eigenvalue weighted by Crippen LogP contribution is 2.48. The molecule has 2 aliphatic rings. The Labute approximate surface area is 225 Å². The predicted octanol–water partition coefficient (Wildman–Crippen LogP) is 5.17. The van der Waals surface area contributed by atoms with Crippen LogP contribution in [0.25, 0.3) is 0 Å². The van der Waals surface area contributed by atoms with Crippen LogP contribution in [0.2, 0.25) is 0 Å². The van der Waals surface area contributed by atoms with Gasteiger partial charge in [-0.25, -0.2) is 4.79 Å². The van der Waals surface area contributed by atoms with Gasteiger partial charge in [-0.3, -0.25) is 9.59 Å². The van der Waals surface area contributed by atoms with Crippen molar-refractivity contribution < 1.29 is 28.6 Å². The zero-order valence-electron chi connectivity index (χ0n) is 21.3. The van der Waals surface area contributed by atoms with E-state index in [1.165, 1.54) is 0 Å². The minimum Gasteiger partial charge on any atom is -0.497 e. The maximum atomic E-state index is 14.3. The lowest BCUT2D eigenvalue weighted by atomic mass is 9.67. The number of ketones is 1. The van der Waals surface area contributed by atoms with Crippen LogP contribution >= 0.6 is 15.9 Å². The standard InChI is InChI=1S/C29H30BrNO6/c1-5-36-28(33)23-16(3)31-22-15-21(18-8-7-9-20(14-18)35-4)25(29(34)37-6-2)27(32)26(22)24(23)17-10-12-19(30)13-11-17/h7-14,21,24-25,31H,5-6,15H2,1-4H3/t21-,24+,25+/m0/s1. The summed E-state index contributed by atoms with van der Waals surface area (Å²) in [6.07, 6.45) is 0.387. The molecule has 3 atom stereocenters. The van der Waals surface area contributed by atoms with Gasteiger partial charge in [0.1, 0.15) is 11.7 Å². The molecule has 1 aliphatic carbocycles. The van der Waals surface area contributed by atoms with Gasteiger partial charge < -0.3 is 19.5 Å². The quantitative estimate of drug-likeness (QED) is 0.364. The van der Waals surface area contributed by atoms with Crippen molar-refractivity contribution in [3.8, 4) is 5.75 Å². The van der Waals surface area contributed by atoms with Crippen molar-refractivity contribution >= 4 is 33.7 Å². The van der Waals surface area contributed by atoms with E-state index in [1.807, 2.05) is 55.5 Å². The molecule has 0 spiro atoms. The number of carbonyl (C=O) groups is 3. The van der Waals surface area contributed by atoms with Gasteiger partial charge in [-0.15, -0.1) is 0 Å². The molecule has 8 heteroatoms. The SMILES string of the molecule is CCOC(=O)C1=C(C)NC2=C(C(=O)[C@H](C(=O)OCC)[C@H](c3cccc(OC)c3)C2)[C@@H]1c1ccc(Br)cc1. The van der Waals surface area contributed by atoms with Gasteiger partial charge in [-0.05, 0) is 62.6 Å². The van der Waals surface area contributed by atoms with Crippen LogP contribution in [-0.2, 0) is 23.9 Å². The molecule has 7 nitrogen and oxygen atoms in total. The van der Waals surface area contributed by atoms with Crippen LogP contribution < -0.4 is 10.1 Å². The number of hydrogen-bond acceptors (Lipinski definition) is 7. The molecule has 1 heterocycles. The third-order valence-corrected chi connectivity index (χ3v) is 7.31. The molecule has 0 aromatic heterocycles. The second-order valence-corrected chi connectivity index (χ2v) is 9.86. The molecule has 0 fully saturated rings. The molecule has 1 aliphatic heterocycles. The number of allylic oxidation sites excluding steroid dienone is 3. The average Bonchev–Trinajstić information content (AvgIpc) is 2.88. The number of ether oxygens (including phenoxy) is 3. The van der Waals surface area contributed by atoms with Crippen molar-refractivity contribution in [2.75, 3.05) is 20.3 Å². The van der Waals surface area contributed by atoms with Crippen molar-refractivity contribution in [1.29, 1.82) is 0 Å². The summed E-state index contributed by atoms with van der Waals surface area (Å²) in [7, 11) is 1.57. The average molecular weight is 568 g/mol. The number of halogens is 1. The number of benzene rings is 2. The first-order chi connectivity index (χ1) is 17.8. The van der Waals surface area contributed by atoms with Gasteiger partial charge in [0.25, 0.3) is 0 Å². The zero-order valence-corrected chi connectivity index (χ0v) is 22.9. The van der Waals surface area contributed by atoms with E-state index in [9.17, 15) is 14.4 Å². The van der Waals surface area contributed by atoms with E-state index in [4.69, 9.17) is 14.2 Å². The largest absolute Gasteiger partial charge is 0.497 e. The maximum absolute atomic E-state index is 14.3. The molecule has 1 N–H and O–H groups in total. The van der Waals surface area contributed by atoms with Crippen molar-refractivity contribution in [2.45, 2.75) is 39.0 Å². The topological polar surface area (TPSA) is 90.9 Å². The fraction of sp³-hybridized carbons (Fsp3) is 0.345. The molecule has 0 amide bonds. The summed E-state index contributed by atoms with van der Waals surface area (Å²) in [4.78, 5) is 40.7. The molecule has 0 bridgehead atoms. The summed E-state index contributed by atoms with van der Waals surface area (Å²) in [5, 5.41) is 3.31. The van der Waals surface area contributed by atoms with Gasteiger partial charge in [0, 0.05) is 33.3 Å². The third-order valence-electron chi connectivity index (χ3n) is 6.78. The van der Waals surface area contributed by atoms with Crippen LogP contribution in [0.5, 0.6) is 5.75 Å². The molecule has 194 valence electrons. The lowest BCUT2D eigenvalue weighted by Gasteiger charge is -2.39. The van der Waals surface area contributed by atoms with E-state index in [0.29, 0.717) is 34.7 Å². The van der Waals surface area contributed by atoms with Crippen molar-refractivity contribution in [3.05, 3.63) is 86.7 Å². The van der Waals surface area contributed by atoms with Gasteiger partial charge in [0.05, 0.1) is 25.9 Å². The van der Waals surface area contributed by atoms with Crippen LogP contribution in [0, 0.1) is 5.92 Å². The van der Waals surface area contributed by atoms with E-state index in [1.54, 1.807) is 21.0 Å². The highest BCUT2D eigenvalue weighted by molar-refractivity contribution is 9.10. The number of nitrogens with one attached hydrogen (secondary N) is 1. The van der Waals surface area contributed by atoms with Crippen LogP contribution in [0.4, 0.5) is 0 Å². The summed E-state index contributed by atoms with van der Waals surface area (Å²) in [6.45, 7) is 5.62. The Kier molecular flexibility index (Phi) is 8.17.